The number of carbonyl (C=O) groups is 1. The first-order valence-electron chi connectivity index (χ1n) is 6.05. The van der Waals surface area contributed by atoms with E-state index in [2.05, 4.69) is 4.99 Å². The zero-order valence-electron chi connectivity index (χ0n) is 10.0. The molecule has 0 aromatic carbocycles. The zero-order chi connectivity index (χ0) is 12.7. The number of aliphatic imine (C=N–C) groups is 1. The Hall–Kier alpha value is -1.36. The zero-order valence-corrected chi connectivity index (χ0v) is 10.0. The lowest BCUT2D eigenvalue weighted by atomic mass is 10.1. The van der Waals surface area contributed by atoms with Crippen molar-refractivity contribution in [3.63, 3.8) is 0 Å². The Labute approximate surface area is 102 Å². The molecule has 0 saturated heterocycles. The van der Waals surface area contributed by atoms with Crippen LogP contribution >= 0.6 is 0 Å². The van der Waals surface area contributed by atoms with Gasteiger partial charge in [0.05, 0.1) is 11.9 Å². The third-order valence-electron chi connectivity index (χ3n) is 2.85. The van der Waals surface area contributed by atoms with E-state index in [1.165, 1.54) is 0 Å². The summed E-state index contributed by atoms with van der Waals surface area (Å²) in [5, 5.41) is 8.60. The van der Waals surface area contributed by atoms with Gasteiger partial charge in [0, 0.05) is 6.42 Å². The molecule has 0 aromatic heterocycles. The van der Waals surface area contributed by atoms with Crippen molar-refractivity contribution in [2.45, 2.75) is 50.6 Å². The minimum atomic E-state index is -0.966. The van der Waals surface area contributed by atoms with Gasteiger partial charge in [-0.2, -0.15) is 0 Å². The molecule has 96 valence electrons. The fourth-order valence-corrected chi connectivity index (χ4v) is 1.82. The topological polar surface area (TPSA) is 102 Å². The Balaban J connectivity index is 2.31. The average Bonchev–Trinajstić information content (AvgIpc) is 2.48. The van der Waals surface area contributed by atoms with E-state index in [-0.39, 0.29) is 6.04 Å². The third kappa shape index (κ3) is 5.49. The summed E-state index contributed by atoms with van der Waals surface area (Å²) in [5.74, 6) is -0.227. The van der Waals surface area contributed by atoms with Gasteiger partial charge in [-0.25, -0.2) is 0 Å². The summed E-state index contributed by atoms with van der Waals surface area (Å²) in [6.07, 6.45) is 9.15. The van der Waals surface area contributed by atoms with Crippen molar-refractivity contribution >= 4 is 11.8 Å². The molecule has 5 heteroatoms. The van der Waals surface area contributed by atoms with Crippen LogP contribution in [-0.2, 0) is 4.79 Å². The maximum Gasteiger partial charge on any atom is 0.320 e. The lowest BCUT2D eigenvalue weighted by Crippen LogP contribution is -2.29. The summed E-state index contributed by atoms with van der Waals surface area (Å²) in [6, 6.07) is -0.566. The summed E-state index contributed by atoms with van der Waals surface area (Å²) in [6.45, 7) is 0. The van der Waals surface area contributed by atoms with Crippen LogP contribution in [0.25, 0.3) is 0 Å². The van der Waals surface area contributed by atoms with Crippen molar-refractivity contribution in [2.24, 2.45) is 16.5 Å². The molecule has 0 saturated carbocycles. The molecule has 0 fully saturated rings. The van der Waals surface area contributed by atoms with E-state index >= 15 is 0 Å². The van der Waals surface area contributed by atoms with Crippen LogP contribution < -0.4 is 11.5 Å². The smallest absolute Gasteiger partial charge is 0.320 e. The lowest BCUT2D eigenvalue weighted by Gasteiger charge is -2.07. The number of nitrogens with zero attached hydrogens (tertiary/aromatic N) is 1. The summed E-state index contributed by atoms with van der Waals surface area (Å²) >= 11 is 0. The van der Waals surface area contributed by atoms with Crippen molar-refractivity contribution in [1.29, 1.82) is 0 Å². The van der Waals surface area contributed by atoms with Crippen molar-refractivity contribution < 1.29 is 9.90 Å². The van der Waals surface area contributed by atoms with Crippen LogP contribution in [0.1, 0.15) is 38.5 Å². The molecular weight excluding hydrogens is 218 g/mol. The summed E-state index contributed by atoms with van der Waals surface area (Å²) in [4.78, 5) is 14.9. The molecule has 1 rings (SSSR count). The first kappa shape index (κ1) is 13.7. The van der Waals surface area contributed by atoms with E-state index in [1.54, 1.807) is 0 Å². The highest BCUT2D eigenvalue weighted by Gasteiger charge is 2.11. The van der Waals surface area contributed by atoms with E-state index in [9.17, 15) is 4.79 Å². The highest BCUT2D eigenvalue weighted by atomic mass is 16.4. The van der Waals surface area contributed by atoms with Gasteiger partial charge in [0.1, 0.15) is 6.04 Å². The quantitative estimate of drug-likeness (QED) is 0.624. The fraction of sp³-hybridized carbons (Fsp3) is 0.667. The molecule has 0 spiro atoms. The van der Waals surface area contributed by atoms with Crippen molar-refractivity contribution in [3.8, 4) is 0 Å². The van der Waals surface area contributed by atoms with E-state index in [1.807, 2.05) is 12.2 Å². The fourth-order valence-electron chi connectivity index (χ4n) is 1.82. The van der Waals surface area contributed by atoms with E-state index in [4.69, 9.17) is 16.6 Å². The Morgan fingerprint density at radius 2 is 2.29 bits per heavy atom. The molecule has 0 amide bonds. The van der Waals surface area contributed by atoms with Crippen LogP contribution in [-0.4, -0.2) is 29.0 Å². The molecule has 0 radical (unpaired) electrons. The first-order chi connectivity index (χ1) is 8.09. The molecule has 5 N–H and O–H groups in total. The summed E-state index contributed by atoms with van der Waals surface area (Å²) < 4.78 is 0. The minimum Gasteiger partial charge on any atom is -0.480 e. The molecule has 5 nitrogen and oxygen atoms in total. The predicted octanol–water partition coefficient (Wildman–Crippen LogP) is 1.03. The average molecular weight is 239 g/mol. The van der Waals surface area contributed by atoms with Gasteiger partial charge in [-0.1, -0.05) is 18.6 Å². The number of carboxylic acid groups (broad SMARTS) is 1. The maximum absolute atomic E-state index is 10.5. The molecule has 1 aliphatic rings. The lowest BCUT2D eigenvalue weighted by molar-refractivity contribution is -0.138. The van der Waals surface area contributed by atoms with Gasteiger partial charge in [-0.05, 0) is 25.7 Å². The van der Waals surface area contributed by atoms with Crippen molar-refractivity contribution in [2.75, 3.05) is 0 Å². The highest BCUT2D eigenvalue weighted by Crippen LogP contribution is 2.15. The van der Waals surface area contributed by atoms with E-state index in [0.717, 1.165) is 37.9 Å². The van der Waals surface area contributed by atoms with Gasteiger partial charge >= 0.3 is 5.97 Å². The van der Waals surface area contributed by atoms with Gasteiger partial charge in [-0.15, -0.1) is 0 Å². The largest absolute Gasteiger partial charge is 0.480 e. The van der Waals surface area contributed by atoms with Crippen LogP contribution in [0.4, 0.5) is 0 Å². The number of nitrogens with two attached hydrogens (primary N) is 2. The van der Waals surface area contributed by atoms with Gasteiger partial charge in [-0.3, -0.25) is 9.79 Å². The van der Waals surface area contributed by atoms with Crippen LogP contribution in [0.2, 0.25) is 0 Å². The SMILES string of the molecule is NC1=NC(CC=CCC(N)C(=O)O)CCCC1. The Kier molecular flexibility index (Phi) is 5.69. The monoisotopic (exact) mass is 239 g/mol. The molecule has 1 aliphatic heterocycles. The molecular formula is C12H21N3O2. The Morgan fingerprint density at radius 3 is 3.00 bits per heavy atom. The van der Waals surface area contributed by atoms with Gasteiger partial charge in [0.2, 0.25) is 0 Å². The Morgan fingerprint density at radius 1 is 1.53 bits per heavy atom. The van der Waals surface area contributed by atoms with E-state index in [0.29, 0.717) is 6.42 Å². The summed E-state index contributed by atoms with van der Waals surface area (Å²) in [7, 11) is 0. The maximum atomic E-state index is 10.5. The Bertz CT molecular complexity index is 313. The number of hydrogen-bond acceptors (Lipinski definition) is 4. The van der Waals surface area contributed by atoms with Gasteiger partial charge < -0.3 is 16.6 Å². The molecule has 0 aliphatic carbocycles. The molecule has 2 unspecified atom stereocenters. The van der Waals surface area contributed by atoms with Crippen LogP contribution in [0.15, 0.2) is 17.1 Å². The number of rotatable bonds is 5. The number of aliphatic carboxylic acids is 1. The van der Waals surface area contributed by atoms with Crippen molar-refractivity contribution in [3.05, 3.63) is 12.2 Å². The van der Waals surface area contributed by atoms with Crippen LogP contribution in [0, 0.1) is 0 Å². The summed E-state index contributed by atoms with van der Waals surface area (Å²) in [5.41, 5.74) is 11.1. The third-order valence-corrected chi connectivity index (χ3v) is 2.85. The minimum absolute atomic E-state index is 0.245. The second-order valence-electron chi connectivity index (χ2n) is 4.41. The molecule has 2 atom stereocenters. The highest BCUT2D eigenvalue weighted by molar-refractivity contribution is 5.80. The molecule has 0 aromatic rings. The second kappa shape index (κ2) is 7.06. The van der Waals surface area contributed by atoms with Crippen molar-refractivity contribution in [1.82, 2.24) is 0 Å². The van der Waals surface area contributed by atoms with Crippen LogP contribution in [0.3, 0.4) is 0 Å². The van der Waals surface area contributed by atoms with E-state index < -0.39 is 12.0 Å². The second-order valence-corrected chi connectivity index (χ2v) is 4.41. The molecule has 1 heterocycles. The normalized spacial score (nSPS) is 23.1. The first-order valence-corrected chi connectivity index (χ1v) is 6.05. The number of carboxylic acids is 1. The standard InChI is InChI=1S/C12H21N3O2/c13-10(12(16)17)7-3-1-5-9-6-2-4-8-11(14)15-9/h1,3,9-10H,2,4-8,13H2,(H2,14,15)(H,16,17). The van der Waals surface area contributed by atoms with Gasteiger partial charge in [0.15, 0.2) is 0 Å². The van der Waals surface area contributed by atoms with Crippen LogP contribution in [0.5, 0.6) is 0 Å². The molecule has 0 bridgehead atoms. The predicted molar refractivity (Wildman–Crippen MR) is 67.9 cm³/mol. The number of amidine groups is 1. The number of hydrogen-bond donors (Lipinski definition) is 3. The van der Waals surface area contributed by atoms with Gasteiger partial charge in [0.25, 0.3) is 0 Å². The molecule has 17 heavy (non-hydrogen) atoms.